The summed E-state index contributed by atoms with van der Waals surface area (Å²) in [7, 11) is -1.84. The fraction of sp³-hybridized carbons (Fsp3) is 0.308. The molecule has 0 N–H and O–H groups in total. The molecular weight excluding hydrogens is 719 g/mol. The van der Waals surface area contributed by atoms with E-state index >= 15 is 0 Å². The first-order chi connectivity index (χ1) is 27.1. The number of benzene rings is 6. The summed E-state index contributed by atoms with van der Waals surface area (Å²) in [5.41, 5.74) is 13.4. The number of rotatable bonds is 6. The zero-order chi connectivity index (χ0) is 38.9. The zero-order valence-electron chi connectivity index (χ0n) is 34.3. The van der Waals surface area contributed by atoms with Crippen molar-refractivity contribution in [1.29, 1.82) is 0 Å². The second-order valence-corrected chi connectivity index (χ2v) is 20.9. The van der Waals surface area contributed by atoms with Gasteiger partial charge in [-0.15, -0.1) is 0 Å². The fourth-order valence-corrected chi connectivity index (χ4v) is 16.5. The molecule has 1 fully saturated rings. The van der Waals surface area contributed by atoms with Gasteiger partial charge in [-0.05, 0) is 174 Å². The van der Waals surface area contributed by atoms with Crippen LogP contribution in [0.5, 0.6) is 11.5 Å². The van der Waals surface area contributed by atoms with Crippen LogP contribution < -0.4 is 41.3 Å². The standard InChI is InChI=1S/C52H54O2P2/c1-32-16-9-17-33(2)48(32)55(49-34(3)18-10-19-35(49)4)44-28-13-24-40-30-42-26-15-27-43-31-41-25-14-29-45(47(41)54-52(42,43)53-46(40)44)56(50-36(5)20-11-21-37(50)6)51-38(7)22-12-23-39(51)8/h9-14,16-25,28-29,42-43H,15,26-27,30-31H2,1-8H3. The van der Waals surface area contributed by atoms with Gasteiger partial charge in [-0.25, -0.2) is 0 Å². The van der Waals surface area contributed by atoms with Crippen molar-refractivity contribution >= 4 is 47.7 Å². The molecule has 3 aliphatic rings. The summed E-state index contributed by atoms with van der Waals surface area (Å²) >= 11 is 0. The van der Waals surface area contributed by atoms with Gasteiger partial charge in [0.15, 0.2) is 0 Å². The van der Waals surface area contributed by atoms with Crippen LogP contribution in [0.1, 0.15) is 74.9 Å². The topological polar surface area (TPSA) is 18.5 Å². The molecule has 9 rings (SSSR count). The van der Waals surface area contributed by atoms with Gasteiger partial charge in [0.25, 0.3) is 5.79 Å². The van der Waals surface area contributed by atoms with Crippen molar-refractivity contribution in [2.24, 2.45) is 11.8 Å². The van der Waals surface area contributed by atoms with Crippen LogP contribution in [0.4, 0.5) is 0 Å². The summed E-state index contributed by atoms with van der Waals surface area (Å²) in [6.07, 6.45) is 5.39. The lowest BCUT2D eigenvalue weighted by molar-refractivity contribution is -0.225. The van der Waals surface area contributed by atoms with Crippen LogP contribution in [0.25, 0.3) is 0 Å². The van der Waals surface area contributed by atoms with Crippen LogP contribution in [-0.4, -0.2) is 5.79 Å². The molecule has 0 amide bonds. The van der Waals surface area contributed by atoms with Crippen molar-refractivity contribution in [3.8, 4) is 11.5 Å². The van der Waals surface area contributed by atoms with Crippen LogP contribution in [0.3, 0.4) is 0 Å². The van der Waals surface area contributed by atoms with Crippen molar-refractivity contribution in [3.05, 3.63) is 165 Å². The number of fused-ring (bicyclic) bond motifs is 2. The molecule has 2 heterocycles. The number of hydrogen-bond donors (Lipinski definition) is 0. The van der Waals surface area contributed by atoms with E-state index < -0.39 is 21.6 Å². The third-order valence-corrected chi connectivity index (χ3v) is 19.3. The van der Waals surface area contributed by atoms with E-state index in [1.807, 2.05) is 0 Å². The monoisotopic (exact) mass is 772 g/mol. The van der Waals surface area contributed by atoms with Crippen LogP contribution in [-0.2, 0) is 12.8 Å². The van der Waals surface area contributed by atoms with Crippen molar-refractivity contribution < 1.29 is 9.47 Å². The molecule has 1 aliphatic carbocycles. The lowest BCUT2D eigenvalue weighted by Gasteiger charge is -2.54. The van der Waals surface area contributed by atoms with E-state index in [0.29, 0.717) is 0 Å². The third kappa shape index (κ3) is 6.06. The first-order valence-electron chi connectivity index (χ1n) is 20.5. The van der Waals surface area contributed by atoms with Gasteiger partial charge in [0, 0.05) is 22.4 Å². The highest BCUT2D eigenvalue weighted by Crippen LogP contribution is 2.55. The molecule has 1 spiro atoms. The molecule has 0 saturated heterocycles. The van der Waals surface area contributed by atoms with Gasteiger partial charge in [-0.1, -0.05) is 116 Å². The average molecular weight is 773 g/mol. The number of aryl methyl sites for hydroxylation is 8. The van der Waals surface area contributed by atoms with Crippen LogP contribution >= 0.6 is 15.8 Å². The summed E-state index contributed by atoms with van der Waals surface area (Å²) in [4.78, 5) is 0. The molecule has 2 aliphatic heterocycles. The quantitative estimate of drug-likeness (QED) is 0.157. The van der Waals surface area contributed by atoms with Crippen molar-refractivity contribution in [2.75, 3.05) is 0 Å². The Bertz CT molecular complexity index is 2140. The van der Waals surface area contributed by atoms with E-state index in [9.17, 15) is 0 Å². The molecule has 4 heteroatoms. The first kappa shape index (κ1) is 37.4. The molecule has 6 aromatic rings. The van der Waals surface area contributed by atoms with Gasteiger partial charge >= 0.3 is 0 Å². The molecule has 2 atom stereocenters. The Morgan fingerprint density at radius 1 is 0.411 bits per heavy atom. The predicted molar refractivity (Wildman–Crippen MR) is 240 cm³/mol. The van der Waals surface area contributed by atoms with Crippen molar-refractivity contribution in [1.82, 2.24) is 0 Å². The fourth-order valence-electron chi connectivity index (χ4n) is 10.4. The maximum Gasteiger partial charge on any atom is 0.257 e. The Hall–Kier alpha value is -4.22. The van der Waals surface area contributed by atoms with Gasteiger partial charge in [-0.2, -0.15) is 0 Å². The summed E-state index contributed by atoms with van der Waals surface area (Å²) in [5.74, 6) is 1.97. The number of hydrogen-bond acceptors (Lipinski definition) is 2. The molecule has 284 valence electrons. The number of para-hydroxylation sites is 2. The maximum atomic E-state index is 7.84. The van der Waals surface area contributed by atoms with Crippen LogP contribution in [0, 0.1) is 67.2 Å². The third-order valence-electron chi connectivity index (χ3n) is 13.0. The SMILES string of the molecule is Cc1cccc(C)c1P(c1cccc2c1OC13Oc4c(cccc4P(c4c(C)cccc4C)c4c(C)cccc4C)CC1CCCC3C2)c1c(C)cccc1C. The van der Waals surface area contributed by atoms with Crippen molar-refractivity contribution in [2.45, 2.75) is 93.3 Å². The Morgan fingerprint density at radius 3 is 1.00 bits per heavy atom. The van der Waals surface area contributed by atoms with Crippen LogP contribution in [0.15, 0.2) is 109 Å². The smallest absolute Gasteiger partial charge is 0.257 e. The summed E-state index contributed by atoms with van der Waals surface area (Å²) in [6, 6.07) is 41.2. The second kappa shape index (κ2) is 14.6. The van der Waals surface area contributed by atoms with Crippen molar-refractivity contribution in [3.63, 3.8) is 0 Å². The lowest BCUT2D eigenvalue weighted by atomic mass is 9.68. The normalized spacial score (nSPS) is 19.8. The molecular formula is C52H54O2P2. The highest BCUT2D eigenvalue weighted by molar-refractivity contribution is 7.80. The highest BCUT2D eigenvalue weighted by atomic mass is 31.1. The molecule has 2 unspecified atom stereocenters. The largest absolute Gasteiger partial charge is 0.451 e. The highest BCUT2D eigenvalue weighted by Gasteiger charge is 2.58. The molecule has 6 aromatic carbocycles. The van der Waals surface area contributed by atoms with Gasteiger partial charge in [-0.3, -0.25) is 0 Å². The Morgan fingerprint density at radius 2 is 0.696 bits per heavy atom. The van der Waals surface area contributed by atoms with Crippen LogP contribution in [0.2, 0.25) is 0 Å². The zero-order valence-corrected chi connectivity index (χ0v) is 36.1. The Kier molecular flexibility index (Phi) is 9.75. The summed E-state index contributed by atoms with van der Waals surface area (Å²) in [6.45, 7) is 18.3. The summed E-state index contributed by atoms with van der Waals surface area (Å²) < 4.78 is 15.7. The predicted octanol–water partition coefficient (Wildman–Crippen LogP) is 10.4. The van der Waals surface area contributed by atoms with Gasteiger partial charge in [0.05, 0.1) is 0 Å². The Labute approximate surface area is 337 Å². The van der Waals surface area contributed by atoms with Gasteiger partial charge in [0.1, 0.15) is 11.5 Å². The van der Waals surface area contributed by atoms with E-state index in [2.05, 4.69) is 165 Å². The first-order valence-corrected chi connectivity index (χ1v) is 23.2. The van der Waals surface area contributed by atoms with E-state index in [1.165, 1.54) is 93.9 Å². The second-order valence-electron chi connectivity index (χ2n) is 16.8. The number of ether oxygens (including phenoxy) is 2. The maximum absolute atomic E-state index is 7.84. The molecule has 1 saturated carbocycles. The molecule has 2 nitrogen and oxygen atoms in total. The van der Waals surface area contributed by atoms with E-state index in [1.54, 1.807) is 0 Å². The van der Waals surface area contributed by atoms with Gasteiger partial charge < -0.3 is 9.47 Å². The van der Waals surface area contributed by atoms with E-state index in [-0.39, 0.29) is 11.8 Å². The molecule has 0 radical (unpaired) electrons. The minimum atomic E-state index is -0.918. The summed E-state index contributed by atoms with van der Waals surface area (Å²) in [5, 5.41) is 8.42. The lowest BCUT2D eigenvalue weighted by Crippen LogP contribution is -2.62. The molecule has 0 bridgehead atoms. The Balaban J connectivity index is 1.24. The minimum Gasteiger partial charge on any atom is -0.451 e. The minimum absolute atomic E-state index is 0.281. The molecule has 0 aromatic heterocycles. The van der Waals surface area contributed by atoms with E-state index in [4.69, 9.17) is 9.47 Å². The van der Waals surface area contributed by atoms with Gasteiger partial charge in [0.2, 0.25) is 0 Å². The average Bonchev–Trinajstić information content (AvgIpc) is 3.16. The van der Waals surface area contributed by atoms with E-state index in [0.717, 1.165) is 37.2 Å². The molecule has 56 heavy (non-hydrogen) atoms.